The van der Waals surface area contributed by atoms with Gasteiger partial charge in [-0.05, 0) is 56.9 Å². The predicted molar refractivity (Wildman–Crippen MR) is 108 cm³/mol. The van der Waals surface area contributed by atoms with E-state index in [0.29, 0.717) is 6.54 Å². The molecule has 1 aromatic heterocycles. The maximum Gasteiger partial charge on any atom is 0.247 e. The van der Waals surface area contributed by atoms with Gasteiger partial charge in [-0.3, -0.25) is 9.59 Å². The Kier molecular flexibility index (Phi) is 5.46. The molecule has 2 amide bonds. The fraction of sp³-hybridized carbons (Fsp3) is 0.500. The summed E-state index contributed by atoms with van der Waals surface area (Å²) in [6.45, 7) is 2.65. The molecule has 4 rings (SSSR count). The van der Waals surface area contributed by atoms with Gasteiger partial charge in [-0.1, -0.05) is 19.3 Å². The van der Waals surface area contributed by atoms with Gasteiger partial charge in [-0.25, -0.2) is 4.98 Å². The van der Waals surface area contributed by atoms with Crippen LogP contribution in [0.4, 0.5) is 5.69 Å². The van der Waals surface area contributed by atoms with E-state index in [2.05, 4.69) is 10.3 Å². The van der Waals surface area contributed by atoms with Gasteiger partial charge >= 0.3 is 0 Å². The molecule has 0 radical (unpaired) electrons. The smallest absolute Gasteiger partial charge is 0.247 e. The molecule has 6 nitrogen and oxygen atoms in total. The zero-order chi connectivity index (χ0) is 19.5. The minimum Gasteiger partial charge on any atom is -0.330 e. The summed E-state index contributed by atoms with van der Waals surface area (Å²) in [5, 5.41) is 3.00. The number of amides is 2. The van der Waals surface area contributed by atoms with Crippen LogP contribution in [0, 0.1) is 12.8 Å². The summed E-state index contributed by atoms with van der Waals surface area (Å²) >= 11 is 0. The van der Waals surface area contributed by atoms with Crippen molar-refractivity contribution >= 4 is 17.5 Å². The van der Waals surface area contributed by atoms with E-state index in [9.17, 15) is 9.59 Å². The second kappa shape index (κ2) is 8.17. The summed E-state index contributed by atoms with van der Waals surface area (Å²) in [4.78, 5) is 31.8. The van der Waals surface area contributed by atoms with Crippen molar-refractivity contribution in [2.24, 2.45) is 5.92 Å². The lowest BCUT2D eigenvalue weighted by Crippen LogP contribution is -2.46. The fourth-order valence-corrected chi connectivity index (χ4v) is 4.47. The molecule has 1 aromatic carbocycles. The number of nitrogens with one attached hydrogen (secondary N) is 1. The quantitative estimate of drug-likeness (QED) is 0.880. The van der Waals surface area contributed by atoms with Crippen molar-refractivity contribution in [2.45, 2.75) is 57.9 Å². The summed E-state index contributed by atoms with van der Waals surface area (Å²) in [5.74, 6) is 1.14. The Morgan fingerprint density at radius 2 is 1.79 bits per heavy atom. The van der Waals surface area contributed by atoms with Crippen molar-refractivity contribution in [3.63, 3.8) is 0 Å². The normalized spacial score (nSPS) is 20.3. The van der Waals surface area contributed by atoms with E-state index in [1.165, 1.54) is 6.42 Å². The summed E-state index contributed by atoms with van der Waals surface area (Å²) in [6.07, 6.45) is 10.7. The van der Waals surface area contributed by atoms with E-state index < -0.39 is 0 Å². The van der Waals surface area contributed by atoms with Gasteiger partial charge in [-0.15, -0.1) is 0 Å². The van der Waals surface area contributed by atoms with Crippen molar-refractivity contribution in [3.05, 3.63) is 42.5 Å². The first-order chi connectivity index (χ1) is 13.6. The summed E-state index contributed by atoms with van der Waals surface area (Å²) in [6, 6.07) is 7.38. The van der Waals surface area contributed by atoms with E-state index in [4.69, 9.17) is 0 Å². The third kappa shape index (κ3) is 3.81. The fourth-order valence-electron chi connectivity index (χ4n) is 4.47. The number of rotatable bonds is 4. The minimum absolute atomic E-state index is 0.0757. The predicted octanol–water partition coefficient (Wildman–Crippen LogP) is 3.69. The first-order valence-electron chi connectivity index (χ1n) is 10.4. The van der Waals surface area contributed by atoms with Crippen LogP contribution in [0.15, 0.2) is 36.7 Å². The SMILES string of the molecule is Cc1nccn1-c1ccc(NC(=O)[C@H]2CCCN2C(=O)C2CCCCC2)cc1. The number of anilines is 1. The van der Waals surface area contributed by atoms with Crippen LogP contribution in [-0.2, 0) is 9.59 Å². The Morgan fingerprint density at radius 1 is 1.04 bits per heavy atom. The molecule has 1 atom stereocenters. The van der Waals surface area contributed by atoms with Crippen LogP contribution in [-0.4, -0.2) is 38.9 Å². The Hall–Kier alpha value is -2.63. The molecule has 148 valence electrons. The Labute approximate surface area is 165 Å². The summed E-state index contributed by atoms with van der Waals surface area (Å²) in [7, 11) is 0. The lowest BCUT2D eigenvalue weighted by Gasteiger charge is -2.30. The van der Waals surface area contributed by atoms with Crippen LogP contribution >= 0.6 is 0 Å². The number of aryl methyl sites for hydroxylation is 1. The van der Waals surface area contributed by atoms with Crippen LogP contribution < -0.4 is 5.32 Å². The number of nitrogens with zero attached hydrogens (tertiary/aromatic N) is 3. The molecule has 6 heteroatoms. The van der Waals surface area contributed by atoms with Crippen molar-refractivity contribution in [2.75, 3.05) is 11.9 Å². The van der Waals surface area contributed by atoms with Gasteiger partial charge in [0.15, 0.2) is 0 Å². The molecule has 1 saturated heterocycles. The number of hydrogen-bond donors (Lipinski definition) is 1. The molecule has 2 heterocycles. The zero-order valence-corrected chi connectivity index (χ0v) is 16.4. The molecule has 1 aliphatic heterocycles. The largest absolute Gasteiger partial charge is 0.330 e. The summed E-state index contributed by atoms with van der Waals surface area (Å²) in [5.41, 5.74) is 1.76. The highest BCUT2D eigenvalue weighted by Gasteiger charge is 2.37. The molecular formula is C22H28N4O2. The molecule has 28 heavy (non-hydrogen) atoms. The molecule has 0 unspecified atom stereocenters. The van der Waals surface area contributed by atoms with E-state index in [1.807, 2.05) is 46.9 Å². The van der Waals surface area contributed by atoms with Crippen LogP contribution in [0.1, 0.15) is 50.8 Å². The Balaban J connectivity index is 1.41. The molecule has 0 bridgehead atoms. The van der Waals surface area contributed by atoms with Gasteiger partial charge in [0.25, 0.3) is 0 Å². The van der Waals surface area contributed by atoms with Gasteiger partial charge < -0.3 is 14.8 Å². The standard InChI is InChI=1S/C22H28N4O2/c1-16-23-13-15-25(16)19-11-9-18(10-12-19)24-21(27)20-8-5-14-26(20)22(28)17-6-3-2-4-7-17/h9-13,15,17,20H,2-8,14H2,1H3,(H,24,27)/t20-/m1/s1. The van der Waals surface area contributed by atoms with E-state index in [-0.39, 0.29) is 23.8 Å². The van der Waals surface area contributed by atoms with Crippen molar-refractivity contribution in [1.82, 2.24) is 14.5 Å². The molecule has 1 N–H and O–H groups in total. The number of carbonyl (C=O) groups excluding carboxylic acids is 2. The average molecular weight is 380 g/mol. The molecule has 2 aromatic rings. The second-order valence-corrected chi connectivity index (χ2v) is 7.91. The number of imidazole rings is 1. The highest BCUT2D eigenvalue weighted by molar-refractivity contribution is 5.97. The molecular weight excluding hydrogens is 352 g/mol. The highest BCUT2D eigenvalue weighted by Crippen LogP contribution is 2.29. The molecule has 1 aliphatic carbocycles. The Bertz CT molecular complexity index is 836. The minimum atomic E-state index is -0.343. The third-order valence-corrected chi connectivity index (χ3v) is 6.03. The molecule has 0 spiro atoms. The molecule has 2 aliphatic rings. The van der Waals surface area contributed by atoms with Crippen molar-refractivity contribution < 1.29 is 9.59 Å². The third-order valence-electron chi connectivity index (χ3n) is 6.03. The Morgan fingerprint density at radius 3 is 2.46 bits per heavy atom. The monoisotopic (exact) mass is 380 g/mol. The van der Waals surface area contributed by atoms with E-state index in [1.54, 1.807) is 6.20 Å². The molecule has 2 fully saturated rings. The van der Waals surface area contributed by atoms with Crippen LogP contribution in [0.2, 0.25) is 0 Å². The lowest BCUT2D eigenvalue weighted by molar-refractivity contribution is -0.141. The van der Waals surface area contributed by atoms with Gasteiger partial charge in [-0.2, -0.15) is 0 Å². The van der Waals surface area contributed by atoms with E-state index >= 15 is 0 Å². The van der Waals surface area contributed by atoms with Crippen LogP contribution in [0.5, 0.6) is 0 Å². The zero-order valence-electron chi connectivity index (χ0n) is 16.4. The maximum atomic E-state index is 12.9. The van der Waals surface area contributed by atoms with Gasteiger partial charge in [0.05, 0.1) is 0 Å². The number of hydrogen-bond acceptors (Lipinski definition) is 3. The number of likely N-dealkylation sites (tertiary alicyclic amines) is 1. The number of benzene rings is 1. The topological polar surface area (TPSA) is 67.2 Å². The first kappa shape index (κ1) is 18.7. The van der Waals surface area contributed by atoms with E-state index in [0.717, 1.165) is 55.7 Å². The van der Waals surface area contributed by atoms with Crippen LogP contribution in [0.25, 0.3) is 5.69 Å². The van der Waals surface area contributed by atoms with Gasteiger partial charge in [0, 0.05) is 36.2 Å². The lowest BCUT2D eigenvalue weighted by atomic mass is 9.88. The second-order valence-electron chi connectivity index (χ2n) is 7.91. The number of carbonyl (C=O) groups is 2. The first-order valence-corrected chi connectivity index (χ1v) is 10.4. The van der Waals surface area contributed by atoms with Crippen molar-refractivity contribution in [1.29, 1.82) is 0 Å². The van der Waals surface area contributed by atoms with Gasteiger partial charge in [0.2, 0.25) is 11.8 Å². The average Bonchev–Trinajstić information content (AvgIpc) is 3.38. The number of aromatic nitrogens is 2. The highest BCUT2D eigenvalue weighted by atomic mass is 16.2. The van der Waals surface area contributed by atoms with Gasteiger partial charge in [0.1, 0.15) is 11.9 Å². The molecule has 1 saturated carbocycles. The summed E-state index contributed by atoms with van der Waals surface area (Å²) < 4.78 is 1.99. The van der Waals surface area contributed by atoms with Crippen LogP contribution in [0.3, 0.4) is 0 Å². The van der Waals surface area contributed by atoms with Crippen molar-refractivity contribution in [3.8, 4) is 5.69 Å². The maximum absolute atomic E-state index is 12.9.